The number of nitrogens with one attached hydrogen (secondary N) is 1. The van der Waals surface area contributed by atoms with E-state index in [0.29, 0.717) is 5.92 Å². The Morgan fingerprint density at radius 2 is 2.33 bits per heavy atom. The van der Waals surface area contributed by atoms with Crippen molar-refractivity contribution in [3.8, 4) is 0 Å². The zero-order valence-electron chi connectivity index (χ0n) is 11.3. The predicted molar refractivity (Wildman–Crippen MR) is 72.2 cm³/mol. The number of hydrogen-bond donors (Lipinski definition) is 1. The second-order valence-corrected chi connectivity index (χ2v) is 5.21. The molecule has 1 aliphatic rings. The molecule has 1 fully saturated rings. The van der Waals surface area contributed by atoms with E-state index in [1.54, 1.807) is 6.08 Å². The van der Waals surface area contributed by atoms with Crippen molar-refractivity contribution in [3.05, 3.63) is 29.7 Å². The van der Waals surface area contributed by atoms with E-state index < -0.39 is 0 Å². The first-order valence-electron chi connectivity index (χ1n) is 6.68. The fourth-order valence-corrected chi connectivity index (χ4v) is 1.93. The average Bonchev–Trinajstić information content (AvgIpc) is 2.90. The van der Waals surface area contributed by atoms with Gasteiger partial charge in [-0.1, -0.05) is 13.8 Å². The van der Waals surface area contributed by atoms with Gasteiger partial charge in [0.2, 0.25) is 5.91 Å². The Labute approximate surface area is 108 Å². The topological polar surface area (TPSA) is 42.2 Å². The molecule has 0 radical (unpaired) electrons. The maximum Gasteiger partial charge on any atom is 0.244 e. The highest BCUT2D eigenvalue weighted by Gasteiger charge is 2.36. The number of rotatable bonds is 5. The summed E-state index contributed by atoms with van der Waals surface area (Å²) in [6, 6.07) is 4.15. The van der Waals surface area contributed by atoms with Crippen LogP contribution in [-0.2, 0) is 4.79 Å². The van der Waals surface area contributed by atoms with Gasteiger partial charge in [0.15, 0.2) is 0 Å². The van der Waals surface area contributed by atoms with Crippen LogP contribution in [0, 0.1) is 5.92 Å². The van der Waals surface area contributed by atoms with Crippen molar-refractivity contribution in [2.24, 2.45) is 5.92 Å². The number of carbonyl (C=O) groups excluding carboxylic acids is 1. The van der Waals surface area contributed by atoms with E-state index in [-0.39, 0.29) is 11.9 Å². The maximum absolute atomic E-state index is 11.6. The van der Waals surface area contributed by atoms with Crippen molar-refractivity contribution in [2.75, 3.05) is 0 Å². The summed E-state index contributed by atoms with van der Waals surface area (Å²) in [5.41, 5.74) is 0. The second kappa shape index (κ2) is 5.42. The smallest absolute Gasteiger partial charge is 0.244 e. The molecular weight excluding hydrogens is 226 g/mol. The zero-order valence-corrected chi connectivity index (χ0v) is 11.3. The van der Waals surface area contributed by atoms with Gasteiger partial charge in [0.25, 0.3) is 0 Å². The SMILES string of the molecule is CC[C@@H](C)NC(=O)/C=C/c1ccc([C@@H]2C[C@@H]2C)o1. The van der Waals surface area contributed by atoms with E-state index in [0.717, 1.165) is 23.9 Å². The molecule has 1 N–H and O–H groups in total. The van der Waals surface area contributed by atoms with E-state index >= 15 is 0 Å². The summed E-state index contributed by atoms with van der Waals surface area (Å²) >= 11 is 0. The minimum absolute atomic E-state index is 0.0675. The van der Waals surface area contributed by atoms with E-state index in [9.17, 15) is 4.79 Å². The van der Waals surface area contributed by atoms with Crippen molar-refractivity contribution in [1.82, 2.24) is 5.32 Å². The van der Waals surface area contributed by atoms with Crippen molar-refractivity contribution in [2.45, 2.75) is 45.6 Å². The van der Waals surface area contributed by atoms with Gasteiger partial charge in [-0.15, -0.1) is 0 Å². The first-order chi connectivity index (χ1) is 8.60. The standard InChI is InChI=1S/C15H21NO2/c1-4-11(3)16-15(17)8-6-12-5-7-14(18-12)13-9-10(13)2/h5-8,10-11,13H,4,9H2,1-3H3,(H,16,17)/b8-6+/t10-,11+,13+/m0/s1. The van der Waals surface area contributed by atoms with Crippen LogP contribution in [0.4, 0.5) is 0 Å². The Morgan fingerprint density at radius 3 is 2.94 bits per heavy atom. The van der Waals surface area contributed by atoms with Crippen LogP contribution in [0.25, 0.3) is 6.08 Å². The van der Waals surface area contributed by atoms with Crippen LogP contribution in [0.5, 0.6) is 0 Å². The lowest BCUT2D eigenvalue weighted by Crippen LogP contribution is -2.30. The van der Waals surface area contributed by atoms with Crippen LogP contribution in [-0.4, -0.2) is 11.9 Å². The normalized spacial score (nSPS) is 24.2. The minimum Gasteiger partial charge on any atom is -0.461 e. The molecule has 98 valence electrons. The molecule has 0 bridgehead atoms. The summed E-state index contributed by atoms with van der Waals surface area (Å²) in [6.07, 6.45) is 5.41. The summed E-state index contributed by atoms with van der Waals surface area (Å²) in [7, 11) is 0. The molecule has 1 amide bonds. The summed E-state index contributed by atoms with van der Waals surface area (Å²) in [4.78, 5) is 11.6. The zero-order chi connectivity index (χ0) is 13.1. The molecule has 0 saturated heterocycles. The average molecular weight is 247 g/mol. The number of hydrogen-bond acceptors (Lipinski definition) is 2. The third-order valence-electron chi connectivity index (χ3n) is 3.52. The van der Waals surface area contributed by atoms with Crippen LogP contribution in [0.1, 0.15) is 51.1 Å². The number of furan rings is 1. The molecular formula is C15H21NO2. The van der Waals surface area contributed by atoms with Crippen molar-refractivity contribution < 1.29 is 9.21 Å². The molecule has 1 aromatic heterocycles. The second-order valence-electron chi connectivity index (χ2n) is 5.21. The van der Waals surface area contributed by atoms with Crippen LogP contribution in [0.2, 0.25) is 0 Å². The van der Waals surface area contributed by atoms with Crippen LogP contribution >= 0.6 is 0 Å². The molecule has 0 aliphatic heterocycles. The van der Waals surface area contributed by atoms with E-state index in [2.05, 4.69) is 12.2 Å². The Hall–Kier alpha value is -1.51. The van der Waals surface area contributed by atoms with Gasteiger partial charge in [-0.2, -0.15) is 0 Å². The molecule has 3 heteroatoms. The molecule has 1 aromatic rings. The van der Waals surface area contributed by atoms with Crippen molar-refractivity contribution in [1.29, 1.82) is 0 Å². The fraction of sp³-hybridized carbons (Fsp3) is 0.533. The highest BCUT2D eigenvalue weighted by molar-refractivity contribution is 5.91. The third kappa shape index (κ3) is 3.25. The van der Waals surface area contributed by atoms with E-state index in [1.807, 2.05) is 26.0 Å². The lowest BCUT2D eigenvalue weighted by molar-refractivity contribution is -0.117. The first-order valence-corrected chi connectivity index (χ1v) is 6.68. The largest absolute Gasteiger partial charge is 0.461 e. The number of carbonyl (C=O) groups is 1. The molecule has 0 aromatic carbocycles. The molecule has 18 heavy (non-hydrogen) atoms. The molecule has 1 aliphatic carbocycles. The fourth-order valence-electron chi connectivity index (χ4n) is 1.93. The highest BCUT2D eigenvalue weighted by Crippen LogP contribution is 2.47. The lowest BCUT2D eigenvalue weighted by Gasteiger charge is -2.08. The Morgan fingerprint density at radius 1 is 1.61 bits per heavy atom. The van der Waals surface area contributed by atoms with Gasteiger partial charge in [-0.05, 0) is 43.9 Å². The first kappa shape index (κ1) is 12.9. The van der Waals surface area contributed by atoms with E-state index in [4.69, 9.17) is 4.42 Å². The molecule has 2 rings (SSSR count). The monoisotopic (exact) mass is 247 g/mol. The lowest BCUT2D eigenvalue weighted by atomic mass is 10.2. The number of amides is 1. The van der Waals surface area contributed by atoms with Gasteiger partial charge in [0, 0.05) is 18.0 Å². The van der Waals surface area contributed by atoms with E-state index in [1.165, 1.54) is 12.5 Å². The molecule has 0 unspecified atom stereocenters. The van der Waals surface area contributed by atoms with Crippen LogP contribution in [0.15, 0.2) is 22.6 Å². The third-order valence-corrected chi connectivity index (χ3v) is 3.52. The molecule has 3 atom stereocenters. The highest BCUT2D eigenvalue weighted by atomic mass is 16.3. The summed E-state index contributed by atoms with van der Waals surface area (Å²) in [5, 5.41) is 2.88. The Bertz CT molecular complexity index is 447. The molecule has 1 heterocycles. The van der Waals surface area contributed by atoms with Crippen LogP contribution in [0.3, 0.4) is 0 Å². The maximum atomic E-state index is 11.6. The summed E-state index contributed by atoms with van der Waals surface area (Å²) in [6.45, 7) is 6.26. The van der Waals surface area contributed by atoms with Gasteiger partial charge in [-0.25, -0.2) is 0 Å². The van der Waals surface area contributed by atoms with Gasteiger partial charge < -0.3 is 9.73 Å². The predicted octanol–water partition coefficient (Wildman–Crippen LogP) is 3.33. The van der Waals surface area contributed by atoms with Gasteiger partial charge in [0.05, 0.1) is 0 Å². The van der Waals surface area contributed by atoms with Gasteiger partial charge in [-0.3, -0.25) is 4.79 Å². The summed E-state index contributed by atoms with van der Waals surface area (Å²) in [5.74, 6) is 3.05. The molecule has 1 saturated carbocycles. The van der Waals surface area contributed by atoms with Crippen molar-refractivity contribution >= 4 is 12.0 Å². The summed E-state index contributed by atoms with van der Waals surface area (Å²) < 4.78 is 5.69. The quantitative estimate of drug-likeness (QED) is 0.811. The Kier molecular flexibility index (Phi) is 3.90. The van der Waals surface area contributed by atoms with Gasteiger partial charge in [0.1, 0.15) is 11.5 Å². The minimum atomic E-state index is -0.0675. The molecule has 0 spiro atoms. The van der Waals surface area contributed by atoms with Gasteiger partial charge >= 0.3 is 0 Å². The van der Waals surface area contributed by atoms with Crippen LogP contribution < -0.4 is 5.32 Å². The molecule has 3 nitrogen and oxygen atoms in total. The van der Waals surface area contributed by atoms with Crippen molar-refractivity contribution in [3.63, 3.8) is 0 Å². The Balaban J connectivity index is 1.88.